The lowest BCUT2D eigenvalue weighted by Gasteiger charge is -2.15. The van der Waals surface area contributed by atoms with E-state index in [1.54, 1.807) is 0 Å². The van der Waals surface area contributed by atoms with E-state index in [0.717, 1.165) is 32.2 Å². The highest BCUT2D eigenvalue weighted by Crippen LogP contribution is 2.52. The SMILES string of the molecule is CCOc1cc(C=NN2C(=O)[C@@H]3[C@H](C2=O)[C@H]2C=C[C@H]3C2)c(Br)cc1OCc1cccc2ccccc12. The van der Waals surface area contributed by atoms with Gasteiger partial charge in [-0.3, -0.25) is 9.59 Å². The van der Waals surface area contributed by atoms with Crippen LogP contribution < -0.4 is 9.47 Å². The molecule has 1 heterocycles. The van der Waals surface area contributed by atoms with Gasteiger partial charge in [0.2, 0.25) is 0 Å². The first-order chi connectivity index (χ1) is 17.5. The molecule has 7 heteroatoms. The molecule has 3 aliphatic rings. The molecule has 2 amide bonds. The Morgan fingerprint density at radius 3 is 2.42 bits per heavy atom. The molecule has 1 saturated heterocycles. The fraction of sp³-hybridized carbons (Fsp3) is 0.276. The van der Waals surface area contributed by atoms with Crippen molar-refractivity contribution in [3.63, 3.8) is 0 Å². The van der Waals surface area contributed by atoms with Gasteiger partial charge in [0.25, 0.3) is 11.8 Å². The van der Waals surface area contributed by atoms with Crippen LogP contribution >= 0.6 is 15.9 Å². The van der Waals surface area contributed by atoms with Crippen molar-refractivity contribution in [3.05, 3.63) is 82.3 Å². The second kappa shape index (κ2) is 9.21. The molecule has 0 N–H and O–H groups in total. The topological polar surface area (TPSA) is 68.2 Å². The van der Waals surface area contributed by atoms with Crippen molar-refractivity contribution >= 4 is 44.7 Å². The van der Waals surface area contributed by atoms with Crippen LogP contribution in [-0.2, 0) is 16.2 Å². The number of carbonyl (C=O) groups is 2. The van der Waals surface area contributed by atoms with Gasteiger partial charge in [0.15, 0.2) is 11.5 Å². The van der Waals surface area contributed by atoms with Crippen LogP contribution in [0.15, 0.2) is 76.3 Å². The van der Waals surface area contributed by atoms with E-state index in [0.29, 0.717) is 30.3 Å². The minimum atomic E-state index is -0.267. The largest absolute Gasteiger partial charge is 0.490 e. The zero-order valence-corrected chi connectivity index (χ0v) is 21.4. The third-order valence-electron chi connectivity index (χ3n) is 7.39. The van der Waals surface area contributed by atoms with Crippen LogP contribution in [-0.4, -0.2) is 29.6 Å². The zero-order chi connectivity index (χ0) is 24.8. The summed E-state index contributed by atoms with van der Waals surface area (Å²) in [7, 11) is 0. The molecular formula is C29H25BrN2O4. The van der Waals surface area contributed by atoms with Crippen LogP contribution in [0.3, 0.4) is 0 Å². The Morgan fingerprint density at radius 1 is 0.972 bits per heavy atom. The summed E-state index contributed by atoms with van der Waals surface area (Å²) < 4.78 is 12.8. The van der Waals surface area contributed by atoms with Crippen LogP contribution in [0.2, 0.25) is 0 Å². The summed E-state index contributed by atoms with van der Waals surface area (Å²) in [6, 6.07) is 18.0. The first-order valence-electron chi connectivity index (χ1n) is 12.2. The van der Waals surface area contributed by atoms with Gasteiger partial charge in [-0.2, -0.15) is 10.1 Å². The van der Waals surface area contributed by atoms with E-state index in [2.05, 4.69) is 57.4 Å². The second-order valence-corrected chi connectivity index (χ2v) is 10.3. The van der Waals surface area contributed by atoms with Gasteiger partial charge in [0.1, 0.15) is 6.61 Å². The number of hydrogen-bond acceptors (Lipinski definition) is 5. The zero-order valence-electron chi connectivity index (χ0n) is 19.8. The van der Waals surface area contributed by atoms with Crippen LogP contribution in [0.1, 0.15) is 24.5 Å². The fourth-order valence-corrected chi connectivity index (χ4v) is 6.15. The predicted octanol–water partition coefficient (Wildman–Crippen LogP) is 5.72. The fourth-order valence-electron chi connectivity index (χ4n) is 5.73. The van der Waals surface area contributed by atoms with Crippen molar-refractivity contribution in [1.82, 2.24) is 5.01 Å². The van der Waals surface area contributed by atoms with Crippen molar-refractivity contribution in [1.29, 1.82) is 0 Å². The Balaban J connectivity index is 1.23. The first kappa shape index (κ1) is 23.0. The van der Waals surface area contributed by atoms with Gasteiger partial charge in [-0.15, -0.1) is 0 Å². The summed E-state index contributed by atoms with van der Waals surface area (Å²) >= 11 is 3.59. The summed E-state index contributed by atoms with van der Waals surface area (Å²) in [5.41, 5.74) is 1.77. The van der Waals surface area contributed by atoms with E-state index in [1.807, 2.05) is 37.3 Å². The number of benzene rings is 3. The number of amides is 2. The third kappa shape index (κ3) is 3.82. The maximum atomic E-state index is 12.9. The lowest BCUT2D eigenvalue weighted by atomic mass is 9.85. The monoisotopic (exact) mass is 544 g/mol. The molecule has 3 aromatic rings. The highest BCUT2D eigenvalue weighted by molar-refractivity contribution is 9.10. The smallest absolute Gasteiger partial charge is 0.254 e. The summed E-state index contributed by atoms with van der Waals surface area (Å²) in [4.78, 5) is 25.9. The van der Waals surface area contributed by atoms with E-state index in [4.69, 9.17) is 9.47 Å². The molecule has 2 aliphatic carbocycles. The number of hydrogen-bond donors (Lipinski definition) is 0. The Kier molecular flexibility index (Phi) is 5.88. The minimum Gasteiger partial charge on any atom is -0.490 e. The summed E-state index contributed by atoms with van der Waals surface area (Å²) in [6.07, 6.45) is 6.58. The molecule has 3 aromatic carbocycles. The van der Waals surface area contributed by atoms with Gasteiger partial charge >= 0.3 is 0 Å². The molecule has 2 fully saturated rings. The summed E-state index contributed by atoms with van der Waals surface area (Å²) in [5.74, 6) is 0.551. The molecule has 6 rings (SSSR count). The van der Waals surface area contributed by atoms with E-state index in [1.165, 1.54) is 6.21 Å². The van der Waals surface area contributed by atoms with E-state index >= 15 is 0 Å². The maximum absolute atomic E-state index is 12.9. The highest BCUT2D eigenvalue weighted by Gasteiger charge is 2.59. The number of carbonyl (C=O) groups excluding carboxylic acids is 2. The number of halogens is 1. The van der Waals surface area contributed by atoms with Crippen molar-refractivity contribution in [2.45, 2.75) is 20.0 Å². The molecule has 1 aliphatic heterocycles. The predicted molar refractivity (Wildman–Crippen MR) is 141 cm³/mol. The quantitative estimate of drug-likeness (QED) is 0.216. The number of nitrogens with zero attached hydrogens (tertiary/aromatic N) is 2. The first-order valence-corrected chi connectivity index (χ1v) is 13.0. The van der Waals surface area contributed by atoms with Crippen molar-refractivity contribution < 1.29 is 19.1 Å². The average Bonchev–Trinajstić information content (AvgIpc) is 3.57. The van der Waals surface area contributed by atoms with E-state index in [-0.39, 0.29) is 35.5 Å². The molecule has 6 nitrogen and oxygen atoms in total. The molecule has 4 atom stereocenters. The molecule has 182 valence electrons. The minimum absolute atomic E-state index is 0.158. The normalized spacial score (nSPS) is 24.3. The van der Waals surface area contributed by atoms with Gasteiger partial charge in [-0.25, -0.2) is 0 Å². The number of fused-ring (bicyclic) bond motifs is 6. The number of imide groups is 1. The Hall–Kier alpha value is -3.45. The summed E-state index contributed by atoms with van der Waals surface area (Å²) in [5, 5.41) is 7.67. The molecule has 36 heavy (non-hydrogen) atoms. The standard InChI is InChI=1S/C29H25BrN2O4/c1-2-35-24-13-21(15-31-32-28(33)26-18-10-11-19(12-18)27(26)29(32)34)23(30)14-25(24)36-16-20-8-5-7-17-6-3-4-9-22(17)20/h3-11,13-15,18-19,26-27H,2,12,16H2,1H3/t18-,19-,26-,27+/m0/s1. The van der Waals surface area contributed by atoms with Crippen molar-refractivity contribution in [2.24, 2.45) is 28.8 Å². The third-order valence-corrected chi connectivity index (χ3v) is 8.07. The van der Waals surface area contributed by atoms with Gasteiger partial charge < -0.3 is 9.47 Å². The number of hydrazone groups is 1. The van der Waals surface area contributed by atoms with Crippen LogP contribution in [0.25, 0.3) is 10.8 Å². The lowest BCUT2D eigenvalue weighted by Crippen LogP contribution is -2.28. The molecule has 0 aromatic heterocycles. The number of ether oxygens (including phenoxy) is 2. The van der Waals surface area contributed by atoms with Crippen molar-refractivity contribution in [2.75, 3.05) is 6.61 Å². The second-order valence-electron chi connectivity index (χ2n) is 9.41. The molecular weight excluding hydrogens is 520 g/mol. The summed E-state index contributed by atoms with van der Waals surface area (Å²) in [6.45, 7) is 2.76. The van der Waals surface area contributed by atoms with Gasteiger partial charge in [0, 0.05) is 10.0 Å². The van der Waals surface area contributed by atoms with Crippen LogP contribution in [0.4, 0.5) is 0 Å². The molecule has 0 spiro atoms. The highest BCUT2D eigenvalue weighted by atomic mass is 79.9. The van der Waals surface area contributed by atoms with Gasteiger partial charge in [-0.1, -0.05) is 54.6 Å². The van der Waals surface area contributed by atoms with Crippen molar-refractivity contribution in [3.8, 4) is 11.5 Å². The van der Waals surface area contributed by atoms with E-state index in [9.17, 15) is 9.59 Å². The molecule has 2 bridgehead atoms. The van der Waals surface area contributed by atoms with Crippen LogP contribution in [0.5, 0.6) is 11.5 Å². The van der Waals surface area contributed by atoms with Crippen LogP contribution in [0, 0.1) is 23.7 Å². The molecule has 0 radical (unpaired) electrons. The molecule has 0 unspecified atom stereocenters. The lowest BCUT2D eigenvalue weighted by molar-refractivity contribution is -0.140. The maximum Gasteiger partial charge on any atom is 0.254 e. The van der Waals surface area contributed by atoms with Gasteiger partial charge in [-0.05, 0) is 69.6 Å². The Morgan fingerprint density at radius 2 is 1.67 bits per heavy atom. The molecule has 1 saturated carbocycles. The number of allylic oxidation sites excluding steroid dienone is 2. The Bertz CT molecular complexity index is 1400. The van der Waals surface area contributed by atoms with E-state index < -0.39 is 0 Å². The number of rotatable bonds is 7. The van der Waals surface area contributed by atoms with Gasteiger partial charge in [0.05, 0.1) is 24.7 Å². The average molecular weight is 545 g/mol. The Labute approximate surface area is 217 Å².